The monoisotopic (exact) mass is 455 g/mol. The first kappa shape index (κ1) is 24.9. The Bertz CT molecular complexity index is 857. The molecule has 0 bridgehead atoms. The number of benzene rings is 1. The van der Waals surface area contributed by atoms with Crippen molar-refractivity contribution in [2.24, 2.45) is 5.92 Å². The summed E-state index contributed by atoms with van der Waals surface area (Å²) in [5.74, 6) is -0.0806. The average molecular weight is 456 g/mol. The second-order valence-corrected chi connectivity index (χ2v) is 10.7. The van der Waals surface area contributed by atoms with Gasteiger partial charge in [-0.3, -0.25) is 4.90 Å². The molecule has 1 heterocycles. The maximum absolute atomic E-state index is 13.3. The van der Waals surface area contributed by atoms with Crippen LogP contribution in [0.25, 0.3) is 0 Å². The number of nitrogens with zero attached hydrogens (tertiary/aromatic N) is 3. The molecule has 0 fully saturated rings. The number of aliphatic hydroxyl groups is 1. The highest BCUT2D eigenvalue weighted by Gasteiger charge is 2.32. The fourth-order valence-corrected chi connectivity index (χ4v) is 5.69. The van der Waals surface area contributed by atoms with Gasteiger partial charge in [0.25, 0.3) is 0 Å². The molecule has 1 aromatic heterocycles. The Balaban J connectivity index is 2.14. The summed E-state index contributed by atoms with van der Waals surface area (Å²) in [6.45, 7) is 6.97. The van der Waals surface area contributed by atoms with Gasteiger partial charge in [0, 0.05) is 37.8 Å². The zero-order valence-electron chi connectivity index (χ0n) is 18.4. The fraction of sp³-hybridized carbons (Fsp3) is 0.571. The lowest BCUT2D eigenvalue weighted by atomic mass is 10.0. The molecule has 30 heavy (non-hydrogen) atoms. The zero-order valence-corrected chi connectivity index (χ0v) is 20.0. The molecule has 168 valence electrons. The van der Waals surface area contributed by atoms with Crippen molar-refractivity contribution in [1.82, 2.24) is 14.2 Å². The lowest BCUT2D eigenvalue weighted by Gasteiger charge is -2.33. The van der Waals surface area contributed by atoms with Crippen molar-refractivity contribution in [3.63, 3.8) is 0 Å². The third-order valence-corrected chi connectivity index (χ3v) is 7.93. The molecule has 0 unspecified atom stereocenters. The summed E-state index contributed by atoms with van der Waals surface area (Å²) in [7, 11) is -0.0968. The van der Waals surface area contributed by atoms with Gasteiger partial charge >= 0.3 is 0 Å². The normalized spacial score (nSPS) is 15.5. The lowest BCUT2D eigenvalue weighted by Crippen LogP contribution is -2.46. The van der Waals surface area contributed by atoms with Crippen molar-refractivity contribution in [3.8, 4) is 0 Å². The van der Waals surface area contributed by atoms with Crippen molar-refractivity contribution in [1.29, 1.82) is 0 Å². The molecule has 1 aromatic carbocycles. The Hall–Kier alpha value is -1.36. The summed E-state index contributed by atoms with van der Waals surface area (Å²) >= 11 is 1.60. The number of aliphatic hydroxyl groups excluding tert-OH is 1. The second-order valence-electron chi connectivity index (χ2n) is 7.79. The van der Waals surface area contributed by atoms with Gasteiger partial charge in [-0.15, -0.1) is 11.3 Å². The second kappa shape index (κ2) is 11.3. The van der Waals surface area contributed by atoms with Gasteiger partial charge in [0.2, 0.25) is 10.0 Å². The molecule has 3 atom stereocenters. The molecule has 1 N–H and O–H groups in total. The summed E-state index contributed by atoms with van der Waals surface area (Å²) in [5.41, 5.74) is 0.992. The molecular weight excluding hydrogens is 422 g/mol. The number of aromatic nitrogens is 1. The number of hydrogen-bond acceptors (Lipinski definition) is 7. The molecule has 0 aliphatic heterocycles. The zero-order chi connectivity index (χ0) is 22.3. The smallest absolute Gasteiger partial charge is 0.243 e. The van der Waals surface area contributed by atoms with Crippen molar-refractivity contribution in [3.05, 3.63) is 46.4 Å². The predicted octanol–water partition coefficient (Wildman–Crippen LogP) is 2.61. The quantitative estimate of drug-likeness (QED) is 0.530. The molecule has 9 heteroatoms. The Labute approximate surface area is 184 Å². The van der Waals surface area contributed by atoms with Crippen LogP contribution < -0.4 is 0 Å². The van der Waals surface area contributed by atoms with Crippen molar-refractivity contribution in [2.75, 3.05) is 33.9 Å². The van der Waals surface area contributed by atoms with Crippen LogP contribution in [0.2, 0.25) is 0 Å². The van der Waals surface area contributed by atoms with Crippen LogP contribution in [0, 0.1) is 12.8 Å². The summed E-state index contributed by atoms with van der Waals surface area (Å²) in [5, 5.41) is 12.7. The highest BCUT2D eigenvalue weighted by Crippen LogP contribution is 2.22. The van der Waals surface area contributed by atoms with Crippen LogP contribution in [0.4, 0.5) is 0 Å². The predicted molar refractivity (Wildman–Crippen MR) is 120 cm³/mol. The summed E-state index contributed by atoms with van der Waals surface area (Å²) in [6.07, 6.45) is 1.62. The number of rotatable bonds is 12. The third-order valence-electron chi connectivity index (χ3n) is 5.17. The van der Waals surface area contributed by atoms with Gasteiger partial charge in [0.15, 0.2) is 0 Å². The Morgan fingerprint density at radius 3 is 2.40 bits per heavy atom. The minimum Gasteiger partial charge on any atom is -0.395 e. The van der Waals surface area contributed by atoms with Gasteiger partial charge < -0.3 is 9.84 Å². The van der Waals surface area contributed by atoms with Crippen LogP contribution in [-0.4, -0.2) is 73.7 Å². The van der Waals surface area contributed by atoms with Crippen LogP contribution in [-0.2, 0) is 21.3 Å². The molecule has 0 radical (unpaired) electrons. The van der Waals surface area contributed by atoms with E-state index in [-0.39, 0.29) is 30.1 Å². The van der Waals surface area contributed by atoms with Crippen molar-refractivity contribution < 1.29 is 18.3 Å². The number of sulfonamides is 1. The Kier molecular flexibility index (Phi) is 9.39. The fourth-order valence-electron chi connectivity index (χ4n) is 3.27. The van der Waals surface area contributed by atoms with Crippen molar-refractivity contribution in [2.45, 2.75) is 44.4 Å². The summed E-state index contributed by atoms with van der Waals surface area (Å²) in [6, 6.07) is 6.25. The van der Waals surface area contributed by atoms with Gasteiger partial charge in [0.1, 0.15) is 5.01 Å². The molecule has 0 aliphatic rings. The topological polar surface area (TPSA) is 83.0 Å². The SMILES string of the molecule is CO[C@H](CN(C)Cc1nccs1)[C@H](C)CN([C@@H](C)CO)S(=O)(=O)c1ccc(C)cc1. The van der Waals surface area contributed by atoms with E-state index in [1.165, 1.54) is 4.31 Å². The van der Waals surface area contributed by atoms with Crippen molar-refractivity contribution >= 4 is 21.4 Å². The standard InChI is InChI=1S/C21H33N3O4S2/c1-16-6-8-19(9-7-16)30(26,27)24(18(3)15-25)12-17(2)20(28-5)13-23(4)14-21-22-10-11-29-21/h6-11,17-18,20,25H,12-15H2,1-5H3/t17-,18+,20-/m1/s1. The average Bonchev–Trinajstić information content (AvgIpc) is 3.22. The van der Waals surface area contributed by atoms with Crippen LogP contribution in [0.3, 0.4) is 0 Å². The number of ether oxygens (including phenoxy) is 1. The minimum absolute atomic E-state index is 0.0806. The number of hydrogen-bond donors (Lipinski definition) is 1. The van der Waals surface area contributed by atoms with E-state index in [9.17, 15) is 13.5 Å². The molecule has 0 amide bonds. The first-order valence-corrected chi connectivity index (χ1v) is 12.3. The molecule has 0 aliphatic carbocycles. The van der Waals surface area contributed by atoms with Gasteiger partial charge in [0.05, 0.1) is 24.2 Å². The number of aryl methyl sites for hydroxylation is 1. The summed E-state index contributed by atoms with van der Waals surface area (Å²) in [4.78, 5) is 6.66. The highest BCUT2D eigenvalue weighted by atomic mass is 32.2. The molecule has 0 saturated heterocycles. The Morgan fingerprint density at radius 2 is 1.87 bits per heavy atom. The van der Waals surface area contributed by atoms with Crippen LogP contribution in [0.15, 0.2) is 40.7 Å². The number of methoxy groups -OCH3 is 1. The van der Waals surface area contributed by atoms with Gasteiger partial charge in [-0.25, -0.2) is 13.4 Å². The first-order valence-electron chi connectivity index (χ1n) is 9.98. The van der Waals surface area contributed by atoms with Gasteiger partial charge in [-0.05, 0) is 38.9 Å². The van der Waals surface area contributed by atoms with Crippen LogP contribution >= 0.6 is 11.3 Å². The maximum Gasteiger partial charge on any atom is 0.243 e. The van der Waals surface area contributed by atoms with E-state index in [0.29, 0.717) is 13.1 Å². The maximum atomic E-state index is 13.3. The van der Waals surface area contributed by atoms with Crippen LogP contribution in [0.5, 0.6) is 0 Å². The van der Waals surface area contributed by atoms with E-state index >= 15 is 0 Å². The molecule has 0 spiro atoms. The number of likely N-dealkylation sites (N-methyl/N-ethyl adjacent to an activating group) is 1. The number of thiazole rings is 1. The first-order chi connectivity index (χ1) is 14.2. The van der Waals surface area contributed by atoms with E-state index in [4.69, 9.17) is 4.74 Å². The van der Waals surface area contributed by atoms with E-state index in [2.05, 4.69) is 9.88 Å². The molecule has 2 aromatic rings. The molecular formula is C21H33N3O4S2. The highest BCUT2D eigenvalue weighted by molar-refractivity contribution is 7.89. The lowest BCUT2D eigenvalue weighted by molar-refractivity contribution is 0.0221. The molecule has 7 nitrogen and oxygen atoms in total. The minimum atomic E-state index is -3.74. The van der Waals surface area contributed by atoms with Gasteiger partial charge in [-0.2, -0.15) is 4.31 Å². The van der Waals surface area contributed by atoms with E-state index in [1.54, 1.807) is 55.8 Å². The Morgan fingerprint density at radius 1 is 1.20 bits per heavy atom. The van der Waals surface area contributed by atoms with E-state index in [0.717, 1.165) is 10.6 Å². The van der Waals surface area contributed by atoms with E-state index < -0.39 is 16.1 Å². The molecule has 0 saturated carbocycles. The largest absolute Gasteiger partial charge is 0.395 e. The summed E-state index contributed by atoms with van der Waals surface area (Å²) < 4.78 is 33.7. The van der Waals surface area contributed by atoms with Crippen LogP contribution in [0.1, 0.15) is 24.4 Å². The third kappa shape index (κ3) is 6.57. The molecule has 2 rings (SSSR count). The van der Waals surface area contributed by atoms with E-state index in [1.807, 2.05) is 26.3 Å². The van der Waals surface area contributed by atoms with Gasteiger partial charge in [-0.1, -0.05) is 24.6 Å².